The molecule has 0 fully saturated rings. The van der Waals surface area contributed by atoms with Gasteiger partial charge in [0.15, 0.2) is 0 Å². The van der Waals surface area contributed by atoms with Crippen molar-refractivity contribution in [3.63, 3.8) is 0 Å². The molecular formula is C12H15N3OS. The first-order valence-electron chi connectivity index (χ1n) is 5.48. The summed E-state index contributed by atoms with van der Waals surface area (Å²) in [6.45, 7) is 2.61. The normalized spacial score (nSPS) is 10.7. The molecule has 17 heavy (non-hydrogen) atoms. The number of nitrogens with zero attached hydrogens (tertiary/aromatic N) is 2. The van der Waals surface area contributed by atoms with E-state index in [-0.39, 0.29) is 0 Å². The van der Waals surface area contributed by atoms with Crippen LogP contribution in [-0.4, -0.2) is 16.7 Å². The lowest BCUT2D eigenvalue weighted by molar-refractivity contribution is 0.414. The van der Waals surface area contributed by atoms with Gasteiger partial charge >= 0.3 is 0 Å². The lowest BCUT2D eigenvalue weighted by Gasteiger charge is -1.98. The van der Waals surface area contributed by atoms with Crippen molar-refractivity contribution in [1.82, 2.24) is 10.2 Å². The van der Waals surface area contributed by atoms with E-state index in [1.165, 1.54) is 11.1 Å². The molecule has 0 amide bonds. The first-order chi connectivity index (χ1) is 8.28. The molecule has 0 saturated carbocycles. The number of aryl methyl sites for hydroxylation is 1. The van der Waals surface area contributed by atoms with Crippen molar-refractivity contribution in [1.29, 1.82) is 0 Å². The minimum Gasteiger partial charge on any atom is -0.416 e. The molecule has 0 aliphatic carbocycles. The van der Waals surface area contributed by atoms with Crippen LogP contribution in [0.1, 0.15) is 17.0 Å². The lowest BCUT2D eigenvalue weighted by Crippen LogP contribution is -2.02. The fraction of sp³-hybridized carbons (Fsp3) is 0.333. The Balaban J connectivity index is 1.90. The number of aromatic nitrogens is 2. The summed E-state index contributed by atoms with van der Waals surface area (Å²) in [6.07, 6.45) is 0.637. The smallest absolute Gasteiger partial charge is 0.276 e. The molecular weight excluding hydrogens is 234 g/mol. The third-order valence-electron chi connectivity index (χ3n) is 2.29. The van der Waals surface area contributed by atoms with Gasteiger partial charge in [-0.2, -0.15) is 0 Å². The van der Waals surface area contributed by atoms with E-state index in [4.69, 9.17) is 10.2 Å². The molecule has 0 spiro atoms. The second kappa shape index (κ2) is 5.84. The Morgan fingerprint density at radius 2 is 2.00 bits per heavy atom. The van der Waals surface area contributed by atoms with Gasteiger partial charge in [-0.3, -0.25) is 0 Å². The van der Waals surface area contributed by atoms with Crippen LogP contribution in [0.2, 0.25) is 0 Å². The fourth-order valence-corrected chi connectivity index (χ4v) is 2.09. The van der Waals surface area contributed by atoms with Gasteiger partial charge < -0.3 is 10.2 Å². The maximum atomic E-state index is 5.43. The number of hydrogen-bond acceptors (Lipinski definition) is 5. The van der Waals surface area contributed by atoms with Gasteiger partial charge in [0.05, 0.1) is 0 Å². The Labute approximate surface area is 105 Å². The van der Waals surface area contributed by atoms with Gasteiger partial charge in [0.25, 0.3) is 5.22 Å². The van der Waals surface area contributed by atoms with Gasteiger partial charge in [-0.15, -0.1) is 10.2 Å². The van der Waals surface area contributed by atoms with E-state index in [0.717, 1.165) is 5.75 Å². The average Bonchev–Trinajstić information content (AvgIpc) is 2.77. The van der Waals surface area contributed by atoms with Crippen LogP contribution >= 0.6 is 11.8 Å². The highest BCUT2D eigenvalue weighted by molar-refractivity contribution is 7.98. The predicted molar refractivity (Wildman–Crippen MR) is 67.8 cm³/mol. The topological polar surface area (TPSA) is 64.9 Å². The molecule has 90 valence electrons. The molecule has 5 heteroatoms. The molecule has 0 aliphatic heterocycles. The molecule has 0 atom stereocenters. The summed E-state index contributed by atoms with van der Waals surface area (Å²) < 4.78 is 5.43. The molecule has 0 bridgehead atoms. The Kier molecular flexibility index (Phi) is 4.17. The zero-order valence-corrected chi connectivity index (χ0v) is 10.5. The summed E-state index contributed by atoms with van der Waals surface area (Å²) in [5.74, 6) is 1.45. The van der Waals surface area contributed by atoms with Crippen LogP contribution in [0.5, 0.6) is 0 Å². The molecule has 1 heterocycles. The highest BCUT2D eigenvalue weighted by atomic mass is 32.2. The molecule has 0 saturated heterocycles. The highest BCUT2D eigenvalue weighted by Gasteiger charge is 2.05. The molecule has 1 aromatic heterocycles. The molecule has 0 radical (unpaired) electrons. The van der Waals surface area contributed by atoms with Gasteiger partial charge in [-0.1, -0.05) is 41.6 Å². The second-order valence-corrected chi connectivity index (χ2v) is 4.70. The monoisotopic (exact) mass is 249 g/mol. The van der Waals surface area contributed by atoms with Crippen molar-refractivity contribution in [3.05, 3.63) is 41.3 Å². The van der Waals surface area contributed by atoms with E-state index in [9.17, 15) is 0 Å². The van der Waals surface area contributed by atoms with Crippen LogP contribution in [0, 0.1) is 6.92 Å². The van der Waals surface area contributed by atoms with Crippen molar-refractivity contribution in [2.75, 3.05) is 6.54 Å². The van der Waals surface area contributed by atoms with E-state index >= 15 is 0 Å². The van der Waals surface area contributed by atoms with Crippen molar-refractivity contribution >= 4 is 11.8 Å². The van der Waals surface area contributed by atoms with Crippen molar-refractivity contribution in [2.24, 2.45) is 5.73 Å². The molecule has 2 rings (SSSR count). The lowest BCUT2D eigenvalue weighted by atomic mass is 10.2. The minimum absolute atomic E-state index is 0.532. The average molecular weight is 249 g/mol. The largest absolute Gasteiger partial charge is 0.416 e. The predicted octanol–water partition coefficient (Wildman–Crippen LogP) is 2.17. The van der Waals surface area contributed by atoms with Crippen molar-refractivity contribution in [3.8, 4) is 0 Å². The van der Waals surface area contributed by atoms with Crippen LogP contribution in [0.3, 0.4) is 0 Å². The summed E-state index contributed by atoms with van der Waals surface area (Å²) in [5, 5.41) is 8.48. The zero-order chi connectivity index (χ0) is 12.1. The standard InChI is InChI=1S/C12H15N3OS/c1-9-2-4-10(5-3-9)8-17-12-15-14-11(16-12)6-7-13/h2-5H,6-8,13H2,1H3. The Morgan fingerprint density at radius 3 is 2.71 bits per heavy atom. The fourth-order valence-electron chi connectivity index (χ4n) is 1.35. The molecule has 0 unspecified atom stereocenters. The van der Waals surface area contributed by atoms with Crippen LogP contribution in [-0.2, 0) is 12.2 Å². The third kappa shape index (κ3) is 3.57. The molecule has 0 aliphatic rings. The van der Waals surface area contributed by atoms with Gasteiger partial charge in [0.2, 0.25) is 5.89 Å². The van der Waals surface area contributed by atoms with Crippen molar-refractivity contribution in [2.45, 2.75) is 24.3 Å². The summed E-state index contributed by atoms with van der Waals surface area (Å²) in [4.78, 5) is 0. The van der Waals surface area contributed by atoms with E-state index in [1.807, 2.05) is 0 Å². The van der Waals surface area contributed by atoms with Crippen LogP contribution in [0.15, 0.2) is 33.9 Å². The van der Waals surface area contributed by atoms with E-state index in [2.05, 4.69) is 41.4 Å². The van der Waals surface area contributed by atoms with Gasteiger partial charge in [-0.25, -0.2) is 0 Å². The van der Waals surface area contributed by atoms with E-state index in [0.29, 0.717) is 24.1 Å². The number of rotatable bonds is 5. The Hall–Kier alpha value is -1.33. The minimum atomic E-state index is 0.532. The Morgan fingerprint density at radius 1 is 1.24 bits per heavy atom. The van der Waals surface area contributed by atoms with Crippen LogP contribution in [0.4, 0.5) is 0 Å². The second-order valence-electron chi connectivity index (χ2n) is 3.77. The summed E-state index contributed by atoms with van der Waals surface area (Å²) in [7, 11) is 0. The summed E-state index contributed by atoms with van der Waals surface area (Å²) in [5.41, 5.74) is 7.93. The van der Waals surface area contributed by atoms with E-state index < -0.39 is 0 Å². The van der Waals surface area contributed by atoms with Crippen molar-refractivity contribution < 1.29 is 4.42 Å². The number of benzene rings is 1. The van der Waals surface area contributed by atoms with Gasteiger partial charge in [0.1, 0.15) is 0 Å². The maximum absolute atomic E-state index is 5.43. The number of hydrogen-bond donors (Lipinski definition) is 1. The molecule has 1 aromatic carbocycles. The Bertz CT molecular complexity index is 467. The van der Waals surface area contributed by atoms with E-state index in [1.54, 1.807) is 11.8 Å². The maximum Gasteiger partial charge on any atom is 0.276 e. The van der Waals surface area contributed by atoms with Gasteiger partial charge in [-0.05, 0) is 12.5 Å². The molecule has 4 nitrogen and oxygen atoms in total. The summed E-state index contributed by atoms with van der Waals surface area (Å²) >= 11 is 1.54. The summed E-state index contributed by atoms with van der Waals surface area (Å²) in [6, 6.07) is 8.42. The highest BCUT2D eigenvalue weighted by Crippen LogP contribution is 2.21. The van der Waals surface area contributed by atoms with Crippen LogP contribution in [0.25, 0.3) is 0 Å². The molecule has 2 N–H and O–H groups in total. The SMILES string of the molecule is Cc1ccc(CSc2nnc(CCN)o2)cc1. The van der Waals surface area contributed by atoms with Gasteiger partial charge in [0, 0.05) is 18.7 Å². The number of thioether (sulfide) groups is 1. The first kappa shape index (κ1) is 12.1. The quantitative estimate of drug-likeness (QED) is 0.823. The number of nitrogens with two attached hydrogens (primary N) is 1. The van der Waals surface area contributed by atoms with Crippen LogP contribution < -0.4 is 5.73 Å². The first-order valence-corrected chi connectivity index (χ1v) is 6.47. The molecule has 2 aromatic rings. The zero-order valence-electron chi connectivity index (χ0n) is 9.72. The third-order valence-corrected chi connectivity index (χ3v) is 3.18.